The maximum absolute atomic E-state index is 13.8. The number of carbonyl (C=O) groups is 1. The summed E-state index contributed by atoms with van der Waals surface area (Å²) in [6, 6.07) is 10.1. The Hall–Kier alpha value is -3.52. The molecule has 1 aliphatic rings. The summed E-state index contributed by atoms with van der Waals surface area (Å²) in [6.07, 6.45) is 0. The zero-order valence-electron chi connectivity index (χ0n) is 21.6. The Morgan fingerprint density at radius 3 is 2.36 bits per heavy atom. The summed E-state index contributed by atoms with van der Waals surface area (Å²) in [6.45, 7) is 11.8. The fraction of sp³-hybridized carbons (Fsp3) is 0.429. The normalized spacial score (nSPS) is 15.0. The molecule has 1 aliphatic heterocycles. The molecule has 8 nitrogen and oxygen atoms in total. The Bertz CT molecular complexity index is 1300. The Kier molecular flexibility index (Phi) is 7.84. The molecule has 0 saturated heterocycles. The highest BCUT2D eigenvalue weighted by atomic mass is 16.5. The first kappa shape index (κ1) is 25.6. The lowest BCUT2D eigenvalue weighted by Gasteiger charge is -2.28. The van der Waals surface area contributed by atoms with Gasteiger partial charge in [-0.05, 0) is 56.8 Å². The molecule has 8 heteroatoms. The number of rotatable bonds is 11. The van der Waals surface area contributed by atoms with Crippen molar-refractivity contribution < 1.29 is 23.4 Å². The van der Waals surface area contributed by atoms with E-state index in [1.807, 2.05) is 32.0 Å². The van der Waals surface area contributed by atoms with Gasteiger partial charge in [0, 0.05) is 19.2 Å². The highest BCUT2D eigenvalue weighted by molar-refractivity contribution is 5.99. The van der Waals surface area contributed by atoms with Crippen molar-refractivity contribution in [3.63, 3.8) is 0 Å². The predicted octanol–water partition coefficient (Wildman–Crippen LogP) is 4.49. The van der Waals surface area contributed by atoms with Crippen LogP contribution in [0.5, 0.6) is 17.2 Å². The van der Waals surface area contributed by atoms with Gasteiger partial charge in [0.05, 0.1) is 37.3 Å². The molecule has 0 aliphatic carbocycles. The van der Waals surface area contributed by atoms with E-state index in [1.165, 1.54) is 0 Å². The second-order valence-electron chi connectivity index (χ2n) is 8.54. The molecule has 1 aromatic heterocycles. The highest BCUT2D eigenvalue weighted by Gasteiger charge is 2.43. The average molecular weight is 495 g/mol. The number of methoxy groups -OCH3 is 1. The molecule has 0 radical (unpaired) electrons. The Morgan fingerprint density at radius 1 is 0.944 bits per heavy atom. The Labute approximate surface area is 211 Å². The van der Waals surface area contributed by atoms with Crippen molar-refractivity contribution in [2.24, 2.45) is 0 Å². The highest BCUT2D eigenvalue weighted by Crippen LogP contribution is 2.41. The van der Waals surface area contributed by atoms with E-state index in [1.54, 1.807) is 30.2 Å². The van der Waals surface area contributed by atoms with Crippen LogP contribution < -0.4 is 19.6 Å². The molecule has 0 saturated carbocycles. The van der Waals surface area contributed by atoms with E-state index in [0.717, 1.165) is 18.7 Å². The molecule has 4 rings (SSSR count). The molecule has 192 valence electrons. The zero-order valence-corrected chi connectivity index (χ0v) is 21.6. The number of hydrogen-bond donors (Lipinski definition) is 0. The standard InChI is InChI=1S/C28H34N2O6/c1-6-29(7-2)14-15-30-25(18-10-13-21(35-9-4)23(16-18)33-5)24-26(31)20-12-11-19(34-8-3)17-22(20)36-27(24)28(30)32/h10-13,16-17,25H,6-9,14-15H2,1-5H3. The van der Waals surface area contributed by atoms with Crippen molar-refractivity contribution in [2.45, 2.75) is 33.7 Å². The van der Waals surface area contributed by atoms with Crippen LogP contribution in [0.15, 0.2) is 45.6 Å². The number of amides is 1. The molecule has 1 amide bonds. The smallest absolute Gasteiger partial charge is 0.290 e. The van der Waals surface area contributed by atoms with Crippen molar-refractivity contribution in [1.29, 1.82) is 0 Å². The fourth-order valence-electron chi connectivity index (χ4n) is 4.75. The SMILES string of the molecule is CCOc1ccc2c(=O)c3c(oc2c1)C(=O)N(CCN(CC)CC)C3c1ccc(OCC)c(OC)c1. The van der Waals surface area contributed by atoms with E-state index >= 15 is 0 Å². The van der Waals surface area contributed by atoms with Gasteiger partial charge in [0.1, 0.15) is 11.3 Å². The lowest BCUT2D eigenvalue weighted by atomic mass is 9.98. The molecule has 1 unspecified atom stereocenters. The van der Waals surface area contributed by atoms with E-state index in [9.17, 15) is 9.59 Å². The minimum atomic E-state index is -0.597. The van der Waals surface area contributed by atoms with Gasteiger partial charge < -0.3 is 28.4 Å². The molecule has 0 bridgehead atoms. The molecule has 36 heavy (non-hydrogen) atoms. The minimum absolute atomic E-state index is 0.0820. The number of fused-ring (bicyclic) bond motifs is 2. The molecule has 0 fully saturated rings. The van der Waals surface area contributed by atoms with Gasteiger partial charge in [-0.25, -0.2) is 0 Å². The summed E-state index contributed by atoms with van der Waals surface area (Å²) >= 11 is 0. The molecule has 3 aromatic rings. The average Bonchev–Trinajstić information content (AvgIpc) is 3.17. The van der Waals surface area contributed by atoms with Crippen molar-refractivity contribution in [3.8, 4) is 17.2 Å². The van der Waals surface area contributed by atoms with Gasteiger partial charge in [-0.3, -0.25) is 9.59 Å². The van der Waals surface area contributed by atoms with E-state index in [2.05, 4.69) is 18.7 Å². The first-order valence-corrected chi connectivity index (χ1v) is 12.5. The van der Waals surface area contributed by atoms with Gasteiger partial charge in [-0.1, -0.05) is 19.9 Å². The Balaban J connectivity index is 1.87. The molecule has 0 spiro atoms. The van der Waals surface area contributed by atoms with Crippen molar-refractivity contribution in [2.75, 3.05) is 46.5 Å². The van der Waals surface area contributed by atoms with Crippen LogP contribution in [0.3, 0.4) is 0 Å². The molecule has 0 N–H and O–H groups in total. The van der Waals surface area contributed by atoms with Crippen LogP contribution in [0.2, 0.25) is 0 Å². The van der Waals surface area contributed by atoms with E-state index in [-0.39, 0.29) is 17.1 Å². The van der Waals surface area contributed by atoms with Crippen LogP contribution >= 0.6 is 0 Å². The summed E-state index contributed by atoms with van der Waals surface area (Å²) in [4.78, 5) is 31.5. The largest absolute Gasteiger partial charge is 0.494 e. The number of likely N-dealkylation sites (N-methyl/N-ethyl adjacent to an activating group) is 1. The maximum Gasteiger partial charge on any atom is 0.290 e. The topological polar surface area (TPSA) is 81.5 Å². The van der Waals surface area contributed by atoms with Crippen LogP contribution in [-0.4, -0.2) is 62.2 Å². The first-order valence-electron chi connectivity index (χ1n) is 12.5. The number of carbonyl (C=O) groups excluding carboxylic acids is 1. The molecule has 1 atom stereocenters. The summed E-state index contributed by atoms with van der Waals surface area (Å²) in [5.74, 6) is 1.53. The van der Waals surface area contributed by atoms with Crippen LogP contribution in [-0.2, 0) is 0 Å². The van der Waals surface area contributed by atoms with Gasteiger partial charge >= 0.3 is 0 Å². The lowest BCUT2D eigenvalue weighted by molar-refractivity contribution is 0.0708. The Morgan fingerprint density at radius 2 is 1.69 bits per heavy atom. The number of benzene rings is 2. The number of ether oxygens (including phenoxy) is 3. The van der Waals surface area contributed by atoms with Crippen LogP contribution in [0.4, 0.5) is 0 Å². The molecule has 2 heterocycles. The van der Waals surface area contributed by atoms with E-state index < -0.39 is 6.04 Å². The van der Waals surface area contributed by atoms with Gasteiger partial charge in [0.2, 0.25) is 5.76 Å². The molecule has 2 aromatic carbocycles. The molecular formula is C28H34N2O6. The van der Waals surface area contributed by atoms with Gasteiger partial charge in [-0.2, -0.15) is 0 Å². The summed E-state index contributed by atoms with van der Waals surface area (Å²) in [5, 5.41) is 0.415. The summed E-state index contributed by atoms with van der Waals surface area (Å²) < 4.78 is 22.9. The second-order valence-corrected chi connectivity index (χ2v) is 8.54. The number of nitrogens with zero attached hydrogens (tertiary/aromatic N) is 2. The van der Waals surface area contributed by atoms with Crippen LogP contribution in [0.1, 0.15) is 55.4 Å². The first-order chi connectivity index (χ1) is 17.5. The van der Waals surface area contributed by atoms with Crippen LogP contribution in [0.25, 0.3) is 11.0 Å². The van der Waals surface area contributed by atoms with E-state index in [0.29, 0.717) is 60.1 Å². The van der Waals surface area contributed by atoms with Gasteiger partial charge in [-0.15, -0.1) is 0 Å². The monoisotopic (exact) mass is 494 g/mol. The van der Waals surface area contributed by atoms with Gasteiger partial charge in [0.15, 0.2) is 16.9 Å². The van der Waals surface area contributed by atoms with Crippen molar-refractivity contribution >= 4 is 16.9 Å². The third-order valence-corrected chi connectivity index (χ3v) is 6.61. The fourth-order valence-corrected chi connectivity index (χ4v) is 4.75. The third-order valence-electron chi connectivity index (χ3n) is 6.61. The van der Waals surface area contributed by atoms with Crippen molar-refractivity contribution in [3.05, 3.63) is 63.5 Å². The van der Waals surface area contributed by atoms with Crippen LogP contribution in [0, 0.1) is 0 Å². The third kappa shape index (κ3) is 4.65. The van der Waals surface area contributed by atoms with Crippen molar-refractivity contribution in [1.82, 2.24) is 9.80 Å². The lowest BCUT2D eigenvalue weighted by Crippen LogP contribution is -2.37. The summed E-state index contributed by atoms with van der Waals surface area (Å²) in [5.41, 5.74) is 1.24. The summed E-state index contributed by atoms with van der Waals surface area (Å²) in [7, 11) is 1.57. The number of hydrogen-bond acceptors (Lipinski definition) is 7. The van der Waals surface area contributed by atoms with E-state index in [4.69, 9.17) is 18.6 Å². The maximum atomic E-state index is 13.8. The zero-order chi connectivity index (χ0) is 25.8. The second kappa shape index (κ2) is 11.0. The predicted molar refractivity (Wildman–Crippen MR) is 138 cm³/mol. The van der Waals surface area contributed by atoms with Gasteiger partial charge in [0.25, 0.3) is 5.91 Å². The molecular weight excluding hydrogens is 460 g/mol. The minimum Gasteiger partial charge on any atom is -0.494 e. The quantitative estimate of drug-likeness (QED) is 0.389.